The number of imidazole rings is 1. The van der Waals surface area contributed by atoms with E-state index in [1.807, 2.05) is 42.5 Å². The van der Waals surface area contributed by atoms with E-state index in [2.05, 4.69) is 15.6 Å². The van der Waals surface area contributed by atoms with Crippen molar-refractivity contribution in [2.75, 3.05) is 6.54 Å². The molecular weight excluding hydrogens is 248 g/mol. The Morgan fingerprint density at radius 1 is 1.15 bits per heavy atom. The Morgan fingerprint density at radius 3 is 2.80 bits per heavy atom. The third-order valence-electron chi connectivity index (χ3n) is 3.23. The van der Waals surface area contributed by atoms with E-state index in [9.17, 15) is 0 Å². The lowest BCUT2D eigenvalue weighted by Gasteiger charge is -2.09. The van der Waals surface area contributed by atoms with Crippen LogP contribution >= 0.6 is 0 Å². The van der Waals surface area contributed by atoms with Crippen molar-refractivity contribution in [3.05, 3.63) is 59.9 Å². The average molecular weight is 262 g/mol. The SMILES string of the molecule is N#Cc1cccc(-n2c(CCN)nc3ccccc32)c1. The fourth-order valence-electron chi connectivity index (χ4n) is 2.38. The quantitative estimate of drug-likeness (QED) is 0.788. The third-order valence-corrected chi connectivity index (χ3v) is 3.23. The summed E-state index contributed by atoms with van der Waals surface area (Å²) in [7, 11) is 0. The molecule has 0 atom stereocenters. The lowest BCUT2D eigenvalue weighted by atomic mass is 10.2. The van der Waals surface area contributed by atoms with Crippen LogP contribution in [-0.4, -0.2) is 16.1 Å². The summed E-state index contributed by atoms with van der Waals surface area (Å²) < 4.78 is 2.07. The van der Waals surface area contributed by atoms with Crippen LogP contribution in [0, 0.1) is 11.3 Å². The Hall–Kier alpha value is -2.64. The van der Waals surface area contributed by atoms with E-state index in [1.165, 1.54) is 0 Å². The summed E-state index contributed by atoms with van der Waals surface area (Å²) in [6, 6.07) is 17.7. The van der Waals surface area contributed by atoms with Crippen molar-refractivity contribution in [1.82, 2.24) is 9.55 Å². The predicted molar refractivity (Wildman–Crippen MR) is 78.5 cm³/mol. The van der Waals surface area contributed by atoms with Gasteiger partial charge in [-0.05, 0) is 36.9 Å². The van der Waals surface area contributed by atoms with Crippen LogP contribution in [0.25, 0.3) is 16.7 Å². The normalized spacial score (nSPS) is 10.6. The van der Waals surface area contributed by atoms with Gasteiger partial charge in [-0.25, -0.2) is 4.98 Å². The van der Waals surface area contributed by atoms with E-state index in [-0.39, 0.29) is 0 Å². The van der Waals surface area contributed by atoms with Gasteiger partial charge in [-0.1, -0.05) is 18.2 Å². The molecule has 0 aliphatic carbocycles. The number of hydrogen-bond acceptors (Lipinski definition) is 3. The molecule has 4 heteroatoms. The first-order chi connectivity index (χ1) is 9.83. The third kappa shape index (κ3) is 2.04. The number of benzene rings is 2. The Balaban J connectivity index is 2.27. The number of para-hydroxylation sites is 2. The van der Waals surface area contributed by atoms with Crippen molar-refractivity contribution in [1.29, 1.82) is 5.26 Å². The van der Waals surface area contributed by atoms with Crippen molar-refractivity contribution in [3.63, 3.8) is 0 Å². The summed E-state index contributed by atoms with van der Waals surface area (Å²) >= 11 is 0. The molecule has 20 heavy (non-hydrogen) atoms. The fraction of sp³-hybridized carbons (Fsp3) is 0.125. The molecule has 2 aromatic carbocycles. The Kier molecular flexibility index (Phi) is 3.20. The number of nitriles is 1. The maximum absolute atomic E-state index is 9.05. The highest BCUT2D eigenvalue weighted by Crippen LogP contribution is 2.22. The van der Waals surface area contributed by atoms with Crippen LogP contribution in [0.15, 0.2) is 48.5 Å². The van der Waals surface area contributed by atoms with Crippen LogP contribution in [0.1, 0.15) is 11.4 Å². The number of rotatable bonds is 3. The zero-order valence-electron chi connectivity index (χ0n) is 11.0. The molecule has 3 aromatic rings. The van der Waals surface area contributed by atoms with E-state index >= 15 is 0 Å². The Labute approximate surface area is 117 Å². The lowest BCUT2D eigenvalue weighted by molar-refractivity contribution is 0.848. The van der Waals surface area contributed by atoms with Gasteiger partial charge in [0.05, 0.1) is 22.7 Å². The van der Waals surface area contributed by atoms with Crippen molar-refractivity contribution >= 4 is 11.0 Å². The minimum absolute atomic E-state index is 0.543. The van der Waals surface area contributed by atoms with Crippen molar-refractivity contribution in [2.24, 2.45) is 5.73 Å². The second-order valence-corrected chi connectivity index (χ2v) is 4.55. The van der Waals surface area contributed by atoms with Crippen molar-refractivity contribution in [3.8, 4) is 11.8 Å². The second kappa shape index (κ2) is 5.16. The van der Waals surface area contributed by atoms with Gasteiger partial charge in [0.25, 0.3) is 0 Å². The molecule has 0 aliphatic rings. The monoisotopic (exact) mass is 262 g/mol. The summed E-state index contributed by atoms with van der Waals surface area (Å²) in [4.78, 5) is 4.63. The molecule has 1 aromatic heterocycles. The molecule has 0 radical (unpaired) electrons. The van der Waals surface area contributed by atoms with E-state index in [4.69, 9.17) is 11.0 Å². The van der Waals surface area contributed by atoms with Gasteiger partial charge in [0.1, 0.15) is 5.82 Å². The van der Waals surface area contributed by atoms with Gasteiger partial charge in [0.15, 0.2) is 0 Å². The minimum Gasteiger partial charge on any atom is -0.330 e. The highest BCUT2D eigenvalue weighted by Gasteiger charge is 2.11. The molecule has 0 bridgehead atoms. The molecule has 0 amide bonds. The molecule has 98 valence electrons. The maximum Gasteiger partial charge on any atom is 0.115 e. The largest absolute Gasteiger partial charge is 0.330 e. The molecule has 0 spiro atoms. The predicted octanol–water partition coefficient (Wildman–Crippen LogP) is 2.40. The Bertz CT molecular complexity index is 796. The molecule has 0 aliphatic heterocycles. The number of fused-ring (bicyclic) bond motifs is 1. The summed E-state index contributed by atoms with van der Waals surface area (Å²) in [6.07, 6.45) is 0.700. The molecule has 2 N–H and O–H groups in total. The first-order valence-electron chi connectivity index (χ1n) is 6.50. The fourth-order valence-corrected chi connectivity index (χ4v) is 2.38. The van der Waals surface area contributed by atoms with Crippen LogP contribution in [0.2, 0.25) is 0 Å². The molecule has 4 nitrogen and oxygen atoms in total. The standard InChI is InChI=1S/C16H14N4/c17-9-8-16-19-14-6-1-2-7-15(14)20(16)13-5-3-4-12(10-13)11-18/h1-7,10H,8-9,17H2. The van der Waals surface area contributed by atoms with Gasteiger partial charge >= 0.3 is 0 Å². The van der Waals surface area contributed by atoms with E-state index < -0.39 is 0 Å². The zero-order valence-corrected chi connectivity index (χ0v) is 11.0. The first-order valence-corrected chi connectivity index (χ1v) is 6.50. The van der Waals surface area contributed by atoms with Gasteiger partial charge in [0.2, 0.25) is 0 Å². The van der Waals surface area contributed by atoms with Gasteiger partial charge in [-0.15, -0.1) is 0 Å². The molecule has 1 heterocycles. The second-order valence-electron chi connectivity index (χ2n) is 4.55. The number of nitrogens with zero attached hydrogens (tertiary/aromatic N) is 3. The number of aromatic nitrogens is 2. The zero-order chi connectivity index (χ0) is 13.9. The van der Waals surface area contributed by atoms with Crippen LogP contribution in [-0.2, 0) is 6.42 Å². The summed E-state index contributed by atoms with van der Waals surface area (Å²) in [6.45, 7) is 0.543. The molecule has 3 rings (SSSR count). The maximum atomic E-state index is 9.05. The molecule has 0 saturated carbocycles. The van der Waals surface area contributed by atoms with Gasteiger partial charge in [0, 0.05) is 12.1 Å². The lowest BCUT2D eigenvalue weighted by Crippen LogP contribution is -2.09. The summed E-state index contributed by atoms with van der Waals surface area (Å²) in [5, 5.41) is 9.05. The van der Waals surface area contributed by atoms with E-state index in [0.717, 1.165) is 22.5 Å². The van der Waals surface area contributed by atoms with Crippen LogP contribution < -0.4 is 5.73 Å². The summed E-state index contributed by atoms with van der Waals surface area (Å²) in [5.74, 6) is 0.920. The average Bonchev–Trinajstić information content (AvgIpc) is 2.85. The topological polar surface area (TPSA) is 67.6 Å². The molecular formula is C16H14N4. The van der Waals surface area contributed by atoms with Crippen molar-refractivity contribution < 1.29 is 0 Å². The highest BCUT2D eigenvalue weighted by molar-refractivity contribution is 5.78. The first kappa shape index (κ1) is 12.4. The van der Waals surface area contributed by atoms with Crippen LogP contribution in [0.5, 0.6) is 0 Å². The number of nitrogens with two attached hydrogens (primary N) is 1. The van der Waals surface area contributed by atoms with E-state index in [0.29, 0.717) is 18.5 Å². The van der Waals surface area contributed by atoms with Gasteiger partial charge < -0.3 is 5.73 Å². The van der Waals surface area contributed by atoms with Crippen LogP contribution in [0.4, 0.5) is 0 Å². The summed E-state index contributed by atoms with van der Waals surface area (Å²) in [5.41, 5.74) is 9.24. The van der Waals surface area contributed by atoms with Crippen LogP contribution in [0.3, 0.4) is 0 Å². The minimum atomic E-state index is 0.543. The van der Waals surface area contributed by atoms with Gasteiger partial charge in [-0.2, -0.15) is 5.26 Å². The van der Waals surface area contributed by atoms with Crippen molar-refractivity contribution in [2.45, 2.75) is 6.42 Å². The van der Waals surface area contributed by atoms with Gasteiger partial charge in [-0.3, -0.25) is 4.57 Å². The smallest absolute Gasteiger partial charge is 0.115 e. The van der Waals surface area contributed by atoms with E-state index in [1.54, 1.807) is 6.07 Å². The molecule has 0 unspecified atom stereocenters. The molecule has 0 saturated heterocycles. The Morgan fingerprint density at radius 2 is 2.00 bits per heavy atom. The number of hydrogen-bond donors (Lipinski definition) is 1. The highest BCUT2D eigenvalue weighted by atomic mass is 15.1. The molecule has 0 fully saturated rings.